The lowest BCUT2D eigenvalue weighted by Crippen LogP contribution is -2.35. The predicted molar refractivity (Wildman–Crippen MR) is 89.2 cm³/mol. The van der Waals surface area contributed by atoms with E-state index in [0.29, 0.717) is 19.3 Å². The predicted octanol–water partition coefficient (Wildman–Crippen LogP) is 4.04. The largest absolute Gasteiger partial charge is 0.490 e. The highest BCUT2D eigenvalue weighted by atomic mass is 16.5. The van der Waals surface area contributed by atoms with Crippen LogP contribution in [0.5, 0.6) is 11.5 Å². The van der Waals surface area contributed by atoms with Crippen molar-refractivity contribution in [1.29, 1.82) is 0 Å². The van der Waals surface area contributed by atoms with E-state index in [1.165, 1.54) is 0 Å². The minimum atomic E-state index is 0.0326. The van der Waals surface area contributed by atoms with E-state index in [1.807, 2.05) is 37.3 Å². The lowest BCUT2D eigenvalue weighted by Gasteiger charge is -2.27. The van der Waals surface area contributed by atoms with Crippen LogP contribution in [0.25, 0.3) is 0 Å². The maximum atomic E-state index is 5.89. The van der Waals surface area contributed by atoms with Crippen molar-refractivity contribution in [3.8, 4) is 11.5 Å². The zero-order chi connectivity index (χ0) is 15.7. The zero-order valence-corrected chi connectivity index (χ0v) is 13.8. The first-order valence-electron chi connectivity index (χ1n) is 7.72. The van der Waals surface area contributed by atoms with Gasteiger partial charge in [-0.25, -0.2) is 0 Å². The molecule has 1 unspecified atom stereocenters. The van der Waals surface area contributed by atoms with E-state index in [9.17, 15) is 0 Å². The van der Waals surface area contributed by atoms with Crippen LogP contribution < -0.4 is 14.8 Å². The van der Waals surface area contributed by atoms with Crippen molar-refractivity contribution < 1.29 is 9.47 Å². The Morgan fingerprint density at radius 3 is 2.38 bits per heavy atom. The molecule has 0 heterocycles. The van der Waals surface area contributed by atoms with Crippen molar-refractivity contribution in [3.63, 3.8) is 0 Å². The van der Waals surface area contributed by atoms with Crippen LogP contribution in [-0.2, 0) is 0 Å². The average Bonchev–Trinajstić information content (AvgIpc) is 2.47. The summed E-state index contributed by atoms with van der Waals surface area (Å²) in [5.41, 5.74) is 0.0326. The normalized spacial score (nSPS) is 13.8. The van der Waals surface area contributed by atoms with E-state index in [-0.39, 0.29) is 5.41 Å². The smallest absolute Gasteiger partial charge is 0.161 e. The fourth-order valence-electron chi connectivity index (χ4n) is 1.94. The molecule has 0 spiro atoms. The third-order valence-electron chi connectivity index (χ3n) is 3.49. The molecule has 1 aromatic carbocycles. The molecule has 1 aromatic rings. The lowest BCUT2D eigenvalue weighted by molar-refractivity contribution is 0.229. The summed E-state index contributed by atoms with van der Waals surface area (Å²) in [6.07, 6.45) is 2.93. The van der Waals surface area contributed by atoms with Crippen LogP contribution in [0.3, 0.4) is 0 Å². The Balaban J connectivity index is 2.53. The summed E-state index contributed by atoms with van der Waals surface area (Å²) in [6, 6.07) is 8.28. The van der Waals surface area contributed by atoms with Crippen LogP contribution in [0, 0.1) is 5.41 Å². The third kappa shape index (κ3) is 6.21. The molecule has 118 valence electrons. The van der Waals surface area contributed by atoms with Gasteiger partial charge in [-0.1, -0.05) is 39.0 Å². The van der Waals surface area contributed by atoms with Gasteiger partial charge >= 0.3 is 0 Å². The molecule has 0 saturated heterocycles. The van der Waals surface area contributed by atoms with Crippen LogP contribution in [-0.4, -0.2) is 25.8 Å². The molecule has 0 aliphatic carbocycles. The number of hydrogen-bond acceptors (Lipinski definition) is 3. The first kappa shape index (κ1) is 17.6. The maximum Gasteiger partial charge on any atom is 0.161 e. The summed E-state index contributed by atoms with van der Waals surface area (Å²) in [5.74, 6) is 1.61. The van der Waals surface area contributed by atoms with Gasteiger partial charge in [-0.2, -0.15) is 0 Å². The van der Waals surface area contributed by atoms with Gasteiger partial charge in [0.2, 0.25) is 0 Å². The van der Waals surface area contributed by atoms with E-state index in [2.05, 4.69) is 32.7 Å². The van der Waals surface area contributed by atoms with Gasteiger partial charge in [-0.15, -0.1) is 6.58 Å². The quantitative estimate of drug-likeness (QED) is 0.660. The first-order chi connectivity index (χ1) is 10.0. The lowest BCUT2D eigenvalue weighted by atomic mass is 9.87. The van der Waals surface area contributed by atoms with Crippen LogP contribution in [0.4, 0.5) is 0 Å². The standard InChI is InChI=1S/C18H29NO2/c1-6-18(5,14-19-15(3)4)12-13-21-17-11-9-8-10-16(17)20-7-2/h6,8-11,15,19H,1,7,12-14H2,2-5H3. The van der Waals surface area contributed by atoms with Gasteiger partial charge in [0.25, 0.3) is 0 Å². The van der Waals surface area contributed by atoms with Gasteiger partial charge in [0, 0.05) is 18.0 Å². The number of hydrogen-bond donors (Lipinski definition) is 1. The first-order valence-corrected chi connectivity index (χ1v) is 7.72. The summed E-state index contributed by atoms with van der Waals surface area (Å²) >= 11 is 0. The number of ether oxygens (including phenoxy) is 2. The molecule has 1 rings (SSSR count). The van der Waals surface area contributed by atoms with Crippen LogP contribution >= 0.6 is 0 Å². The monoisotopic (exact) mass is 291 g/mol. The van der Waals surface area contributed by atoms with Gasteiger partial charge in [0.1, 0.15) is 0 Å². The summed E-state index contributed by atoms with van der Waals surface area (Å²) in [6.45, 7) is 14.6. The minimum Gasteiger partial charge on any atom is -0.490 e. The van der Waals surface area contributed by atoms with Gasteiger partial charge < -0.3 is 14.8 Å². The fraction of sp³-hybridized carbons (Fsp3) is 0.556. The molecule has 0 fully saturated rings. The SMILES string of the molecule is C=CC(C)(CCOc1ccccc1OCC)CNC(C)C. The Kier molecular flexibility index (Phi) is 7.30. The van der Waals surface area contributed by atoms with Gasteiger partial charge in [0.05, 0.1) is 13.2 Å². The molecular formula is C18H29NO2. The topological polar surface area (TPSA) is 30.5 Å². The number of rotatable bonds is 10. The van der Waals surface area contributed by atoms with Crippen molar-refractivity contribution >= 4 is 0 Å². The van der Waals surface area contributed by atoms with Crippen molar-refractivity contribution in [2.75, 3.05) is 19.8 Å². The van der Waals surface area contributed by atoms with Crippen LogP contribution in [0.1, 0.15) is 34.1 Å². The number of benzene rings is 1. The van der Waals surface area contributed by atoms with Crippen LogP contribution in [0.2, 0.25) is 0 Å². The van der Waals surface area contributed by atoms with Crippen LogP contribution in [0.15, 0.2) is 36.9 Å². The molecule has 3 heteroatoms. The van der Waals surface area contributed by atoms with Gasteiger partial charge in [-0.3, -0.25) is 0 Å². The zero-order valence-electron chi connectivity index (χ0n) is 13.8. The third-order valence-corrected chi connectivity index (χ3v) is 3.49. The van der Waals surface area contributed by atoms with E-state index in [4.69, 9.17) is 9.47 Å². The summed E-state index contributed by atoms with van der Waals surface area (Å²) in [5, 5.41) is 3.47. The molecule has 0 radical (unpaired) electrons. The highest BCUT2D eigenvalue weighted by molar-refractivity contribution is 5.39. The second kappa shape index (κ2) is 8.73. The summed E-state index contributed by atoms with van der Waals surface area (Å²) < 4.78 is 11.5. The Morgan fingerprint density at radius 2 is 1.86 bits per heavy atom. The van der Waals surface area contributed by atoms with Crippen molar-refractivity contribution in [2.24, 2.45) is 5.41 Å². The molecule has 0 bridgehead atoms. The van der Waals surface area contributed by atoms with E-state index in [1.54, 1.807) is 0 Å². The number of para-hydroxylation sites is 2. The maximum absolute atomic E-state index is 5.89. The fourth-order valence-corrected chi connectivity index (χ4v) is 1.94. The summed E-state index contributed by atoms with van der Waals surface area (Å²) in [7, 11) is 0. The average molecular weight is 291 g/mol. The van der Waals surface area contributed by atoms with Crippen molar-refractivity contribution in [2.45, 2.75) is 40.2 Å². The highest BCUT2D eigenvalue weighted by Crippen LogP contribution is 2.28. The molecule has 0 aliphatic heterocycles. The van der Waals surface area contributed by atoms with E-state index >= 15 is 0 Å². The molecule has 0 aromatic heterocycles. The number of nitrogens with one attached hydrogen (secondary N) is 1. The Hall–Kier alpha value is -1.48. The minimum absolute atomic E-state index is 0.0326. The highest BCUT2D eigenvalue weighted by Gasteiger charge is 2.20. The molecule has 3 nitrogen and oxygen atoms in total. The van der Waals surface area contributed by atoms with E-state index < -0.39 is 0 Å². The second-order valence-corrected chi connectivity index (χ2v) is 5.87. The molecule has 1 atom stereocenters. The molecule has 0 aliphatic rings. The Labute approximate surface area is 129 Å². The van der Waals surface area contributed by atoms with Gasteiger partial charge in [-0.05, 0) is 25.5 Å². The Morgan fingerprint density at radius 1 is 1.24 bits per heavy atom. The van der Waals surface area contributed by atoms with Crippen molar-refractivity contribution in [1.82, 2.24) is 5.32 Å². The molecule has 1 N–H and O–H groups in total. The molecule has 0 amide bonds. The molecule has 0 saturated carbocycles. The van der Waals surface area contributed by atoms with E-state index in [0.717, 1.165) is 24.5 Å². The second-order valence-electron chi connectivity index (χ2n) is 5.87. The molecule has 21 heavy (non-hydrogen) atoms. The van der Waals surface area contributed by atoms with Gasteiger partial charge in [0.15, 0.2) is 11.5 Å². The summed E-state index contributed by atoms with van der Waals surface area (Å²) in [4.78, 5) is 0. The molecular weight excluding hydrogens is 262 g/mol. The Bertz CT molecular complexity index is 431. The van der Waals surface area contributed by atoms with Crippen molar-refractivity contribution in [3.05, 3.63) is 36.9 Å².